The molecule has 46 heavy (non-hydrogen) atoms. The molecule has 4 amide bonds. The van der Waals surface area contributed by atoms with Crippen molar-refractivity contribution in [1.29, 1.82) is 0 Å². The number of benzene rings is 1. The highest BCUT2D eigenvalue weighted by Gasteiger charge is 2.34. The number of nitrogens with two attached hydrogens (primary N) is 1. The maximum Gasteiger partial charge on any atom is 0.326 e. The van der Waals surface area contributed by atoms with E-state index in [4.69, 9.17) is 15.9 Å². The number of rotatable bonds is 19. The van der Waals surface area contributed by atoms with Crippen molar-refractivity contribution in [2.45, 2.75) is 104 Å². The van der Waals surface area contributed by atoms with Gasteiger partial charge >= 0.3 is 17.9 Å². The van der Waals surface area contributed by atoms with Gasteiger partial charge in [0.05, 0.1) is 12.5 Å². The maximum atomic E-state index is 13.7. The molecule has 0 aliphatic heterocycles. The normalized spacial score (nSPS) is 14.4. The summed E-state index contributed by atoms with van der Waals surface area (Å²) in [5.74, 6) is -7.86. The minimum absolute atomic E-state index is 0.0637. The molecule has 1 aromatic rings. The summed E-state index contributed by atoms with van der Waals surface area (Å²) in [5.41, 5.74) is 8.22. The number of hydrogen-bond donors (Lipinski definition) is 8. The van der Waals surface area contributed by atoms with Crippen LogP contribution in [0.25, 0.3) is 0 Å². The van der Waals surface area contributed by atoms with Gasteiger partial charge in [0, 0.05) is 12.8 Å². The second kappa shape index (κ2) is 18.4. The first kappa shape index (κ1) is 39.5. The Morgan fingerprint density at radius 3 is 1.83 bits per heavy atom. The number of carbonyl (C=O) groups excluding carboxylic acids is 4. The lowest BCUT2D eigenvalue weighted by Gasteiger charge is -2.28. The Morgan fingerprint density at radius 1 is 0.739 bits per heavy atom. The number of aryl methyl sites for hydroxylation is 1. The van der Waals surface area contributed by atoms with Crippen LogP contribution in [0.3, 0.4) is 0 Å². The molecule has 0 unspecified atom stereocenters. The summed E-state index contributed by atoms with van der Waals surface area (Å²) in [4.78, 5) is 86.7. The van der Waals surface area contributed by atoms with E-state index in [1.54, 1.807) is 39.8 Å². The van der Waals surface area contributed by atoms with E-state index in [-0.39, 0.29) is 31.6 Å². The minimum atomic E-state index is -1.76. The summed E-state index contributed by atoms with van der Waals surface area (Å²) in [7, 11) is 0. The van der Waals surface area contributed by atoms with Crippen molar-refractivity contribution in [3.8, 4) is 0 Å². The lowest BCUT2D eigenvalue weighted by Crippen LogP contribution is -2.60. The first-order valence-corrected chi connectivity index (χ1v) is 15.0. The second-order valence-electron chi connectivity index (χ2n) is 12.1. The van der Waals surface area contributed by atoms with Crippen molar-refractivity contribution < 1.29 is 48.9 Å². The van der Waals surface area contributed by atoms with Crippen LogP contribution in [0.1, 0.15) is 70.1 Å². The third kappa shape index (κ3) is 13.2. The summed E-state index contributed by atoms with van der Waals surface area (Å²) < 4.78 is 0. The number of nitrogens with one attached hydrogen (secondary N) is 4. The van der Waals surface area contributed by atoms with Gasteiger partial charge in [-0.25, -0.2) is 4.79 Å². The number of carbonyl (C=O) groups is 7. The molecule has 1 aromatic carbocycles. The van der Waals surface area contributed by atoms with Crippen molar-refractivity contribution in [1.82, 2.24) is 21.3 Å². The molecule has 0 fully saturated rings. The maximum absolute atomic E-state index is 13.7. The van der Waals surface area contributed by atoms with Gasteiger partial charge in [-0.2, -0.15) is 0 Å². The van der Waals surface area contributed by atoms with Crippen LogP contribution in [0.4, 0.5) is 0 Å². The lowest BCUT2D eigenvalue weighted by molar-refractivity contribution is -0.147. The zero-order valence-electron chi connectivity index (χ0n) is 27.1. The molecule has 15 nitrogen and oxygen atoms in total. The second-order valence-corrected chi connectivity index (χ2v) is 12.1. The molecule has 5 atom stereocenters. The molecule has 9 N–H and O–H groups in total. The fourth-order valence-corrected chi connectivity index (χ4v) is 4.55. The molecule has 0 aliphatic rings. The highest BCUT2D eigenvalue weighted by atomic mass is 16.4. The Labute approximate surface area is 268 Å². The van der Waals surface area contributed by atoms with Gasteiger partial charge in [-0.15, -0.1) is 0 Å². The number of amides is 4. The number of aliphatic carboxylic acids is 3. The Bertz CT molecular complexity index is 1280. The average Bonchev–Trinajstić information content (AvgIpc) is 2.94. The van der Waals surface area contributed by atoms with Crippen molar-refractivity contribution in [3.05, 3.63) is 34.9 Å². The van der Waals surface area contributed by atoms with Crippen molar-refractivity contribution in [3.63, 3.8) is 0 Å². The Balaban J connectivity index is 3.31. The first-order chi connectivity index (χ1) is 21.3. The van der Waals surface area contributed by atoms with Crippen molar-refractivity contribution >= 4 is 41.5 Å². The van der Waals surface area contributed by atoms with E-state index in [0.717, 1.165) is 11.1 Å². The fraction of sp³-hybridized carbons (Fsp3) is 0.581. The largest absolute Gasteiger partial charge is 0.481 e. The van der Waals surface area contributed by atoms with Crippen LogP contribution < -0.4 is 27.0 Å². The van der Waals surface area contributed by atoms with E-state index < -0.39 is 84.1 Å². The summed E-state index contributed by atoms with van der Waals surface area (Å²) >= 11 is 0. The van der Waals surface area contributed by atoms with Crippen molar-refractivity contribution in [2.24, 2.45) is 17.6 Å². The topological polar surface area (TPSA) is 254 Å². The smallest absolute Gasteiger partial charge is 0.326 e. The summed E-state index contributed by atoms with van der Waals surface area (Å²) in [6, 6.07) is -1.24. The van der Waals surface area contributed by atoms with Crippen LogP contribution in [0.5, 0.6) is 0 Å². The zero-order chi connectivity index (χ0) is 35.3. The van der Waals surface area contributed by atoms with Crippen molar-refractivity contribution in [2.75, 3.05) is 0 Å². The molecular weight excluding hydrogens is 602 g/mol. The summed E-state index contributed by atoms with van der Waals surface area (Å²) in [5, 5.41) is 37.4. The minimum Gasteiger partial charge on any atom is -0.481 e. The third-order valence-electron chi connectivity index (χ3n) is 7.36. The van der Waals surface area contributed by atoms with Gasteiger partial charge in [0.25, 0.3) is 0 Å². The zero-order valence-corrected chi connectivity index (χ0v) is 27.1. The molecule has 0 saturated heterocycles. The van der Waals surface area contributed by atoms with Gasteiger partial charge < -0.3 is 42.3 Å². The van der Waals surface area contributed by atoms with Crippen LogP contribution in [-0.2, 0) is 40.0 Å². The monoisotopic (exact) mass is 649 g/mol. The SMILES string of the molecule is Cc1cccc(C[C@H](NC(=O)[C@H](CC(C)C)NC(=O)[C@@H](NC(=O)[C@@H](N)CCC(=O)O)C(C)C)C(=O)N[C@@H](CC(=O)O)C(=O)O)c1C. The predicted molar refractivity (Wildman–Crippen MR) is 166 cm³/mol. The number of carboxylic acid groups (broad SMARTS) is 3. The van der Waals surface area contributed by atoms with E-state index in [0.29, 0.717) is 5.56 Å². The molecule has 0 saturated carbocycles. The quantitative estimate of drug-likeness (QED) is 0.101. The van der Waals surface area contributed by atoms with Crippen LogP contribution in [0, 0.1) is 25.7 Å². The third-order valence-corrected chi connectivity index (χ3v) is 7.36. The average molecular weight is 650 g/mol. The van der Waals surface area contributed by atoms with E-state index >= 15 is 0 Å². The van der Waals surface area contributed by atoms with Gasteiger partial charge in [-0.05, 0) is 55.2 Å². The van der Waals surface area contributed by atoms with Gasteiger partial charge in [0.1, 0.15) is 24.2 Å². The van der Waals surface area contributed by atoms with E-state index in [2.05, 4.69) is 21.3 Å². The molecule has 0 spiro atoms. The van der Waals surface area contributed by atoms with Gasteiger partial charge in [0.2, 0.25) is 23.6 Å². The molecular formula is C31H47N5O10. The van der Waals surface area contributed by atoms with E-state index in [1.807, 2.05) is 19.9 Å². The molecule has 0 aromatic heterocycles. The Kier molecular flexibility index (Phi) is 15.8. The fourth-order valence-electron chi connectivity index (χ4n) is 4.55. The van der Waals surface area contributed by atoms with Crippen LogP contribution in [-0.4, -0.2) is 87.1 Å². The van der Waals surface area contributed by atoms with E-state index in [9.17, 15) is 38.7 Å². The molecule has 0 aliphatic carbocycles. The van der Waals surface area contributed by atoms with Gasteiger partial charge in [-0.1, -0.05) is 45.9 Å². The Morgan fingerprint density at radius 2 is 1.30 bits per heavy atom. The molecule has 0 radical (unpaired) electrons. The predicted octanol–water partition coefficient (Wildman–Crippen LogP) is 0.239. The van der Waals surface area contributed by atoms with Gasteiger partial charge in [0.15, 0.2) is 0 Å². The van der Waals surface area contributed by atoms with Gasteiger partial charge in [-0.3, -0.25) is 28.8 Å². The van der Waals surface area contributed by atoms with Crippen LogP contribution in [0.15, 0.2) is 18.2 Å². The standard InChI is InChI=1S/C31H47N5O10/c1-15(2)12-21(34-30(44)26(16(3)4)36-27(41)20(32)10-11-24(37)38)28(42)33-22(13-19-9-7-8-17(5)18(19)6)29(43)35-23(31(45)46)14-25(39)40/h7-9,15-16,20-23,26H,10-14,32H2,1-6H3,(H,33,42)(H,34,44)(H,35,43)(H,36,41)(H,37,38)(H,39,40)(H,45,46)/t20-,21-,22-,23-,26-/m0/s1. The molecule has 15 heteroatoms. The number of hydrogen-bond acceptors (Lipinski definition) is 8. The van der Waals surface area contributed by atoms with Crippen LogP contribution >= 0.6 is 0 Å². The summed E-state index contributed by atoms with van der Waals surface area (Å²) in [6.45, 7) is 10.6. The molecule has 0 bridgehead atoms. The molecule has 0 heterocycles. The molecule has 256 valence electrons. The highest BCUT2D eigenvalue weighted by Crippen LogP contribution is 2.16. The Hall–Kier alpha value is -4.53. The van der Waals surface area contributed by atoms with E-state index in [1.165, 1.54) is 0 Å². The lowest BCUT2D eigenvalue weighted by atomic mass is 9.96. The number of carboxylic acids is 3. The highest BCUT2D eigenvalue weighted by molar-refractivity contribution is 5.96. The van der Waals surface area contributed by atoms with Crippen LogP contribution in [0.2, 0.25) is 0 Å². The first-order valence-electron chi connectivity index (χ1n) is 15.0. The molecule has 1 rings (SSSR count). The summed E-state index contributed by atoms with van der Waals surface area (Å²) in [6.07, 6.45) is -1.32.